The number of hydrogen-bond donors (Lipinski definition) is 2. The largest absolute Gasteiger partial charge is 0.488 e. The first kappa shape index (κ1) is 19.0. The van der Waals surface area contributed by atoms with E-state index in [1.807, 2.05) is 54.2 Å². The Bertz CT molecular complexity index is 1650. The molecule has 8 nitrogen and oxygen atoms in total. The van der Waals surface area contributed by atoms with E-state index in [2.05, 4.69) is 31.3 Å². The SMILES string of the molecule is C=c1nns/c1=c1\[nH][nH]c(=O)\c1=C/c1cn(C)c2cccc(OCc3ccncc3)c12. The van der Waals surface area contributed by atoms with Crippen LogP contribution >= 0.6 is 11.5 Å². The zero-order valence-electron chi connectivity index (χ0n) is 16.6. The average Bonchev–Trinajstić information content (AvgIpc) is 3.46. The number of pyridine rings is 1. The fourth-order valence-electron chi connectivity index (χ4n) is 3.55. The van der Waals surface area contributed by atoms with E-state index in [1.54, 1.807) is 12.4 Å². The van der Waals surface area contributed by atoms with Crippen LogP contribution in [-0.2, 0) is 13.7 Å². The lowest BCUT2D eigenvalue weighted by atomic mass is 10.1. The monoisotopic (exact) mass is 430 g/mol. The van der Waals surface area contributed by atoms with Crippen molar-refractivity contribution in [2.24, 2.45) is 7.05 Å². The maximum atomic E-state index is 12.6. The van der Waals surface area contributed by atoms with Crippen LogP contribution in [0.4, 0.5) is 0 Å². The van der Waals surface area contributed by atoms with Crippen LogP contribution in [0.25, 0.3) is 23.6 Å². The summed E-state index contributed by atoms with van der Waals surface area (Å²) in [5.41, 5.74) is 2.68. The minimum atomic E-state index is -0.227. The molecule has 0 aliphatic rings. The molecular formula is C22H18N6O2S. The Labute approximate surface area is 179 Å². The lowest BCUT2D eigenvalue weighted by Gasteiger charge is -2.08. The van der Waals surface area contributed by atoms with Gasteiger partial charge < -0.3 is 9.30 Å². The molecular weight excluding hydrogens is 412 g/mol. The van der Waals surface area contributed by atoms with Gasteiger partial charge in [-0.15, -0.1) is 5.10 Å². The Hall–Kier alpha value is -3.98. The van der Waals surface area contributed by atoms with E-state index in [-0.39, 0.29) is 5.56 Å². The van der Waals surface area contributed by atoms with Crippen molar-refractivity contribution in [3.05, 3.63) is 90.9 Å². The number of ether oxygens (including phenoxy) is 1. The van der Waals surface area contributed by atoms with E-state index >= 15 is 0 Å². The highest BCUT2D eigenvalue weighted by atomic mass is 32.1. The van der Waals surface area contributed by atoms with Crippen molar-refractivity contribution < 1.29 is 4.74 Å². The molecule has 4 heterocycles. The van der Waals surface area contributed by atoms with Gasteiger partial charge in [0.05, 0.1) is 16.1 Å². The summed E-state index contributed by atoms with van der Waals surface area (Å²) >= 11 is 1.19. The minimum absolute atomic E-state index is 0.227. The molecule has 0 bridgehead atoms. The maximum absolute atomic E-state index is 12.6. The molecule has 0 saturated heterocycles. The third kappa shape index (κ3) is 3.44. The molecule has 9 heteroatoms. The van der Waals surface area contributed by atoms with Gasteiger partial charge in [-0.2, -0.15) is 0 Å². The van der Waals surface area contributed by atoms with Crippen LogP contribution in [-0.4, -0.2) is 29.3 Å². The molecule has 0 spiro atoms. The molecule has 0 unspecified atom stereocenters. The number of nitrogens with zero attached hydrogens (tertiary/aromatic N) is 4. The van der Waals surface area contributed by atoms with Crippen molar-refractivity contribution in [1.29, 1.82) is 0 Å². The number of nitrogens with one attached hydrogen (secondary N) is 2. The highest BCUT2D eigenvalue weighted by molar-refractivity contribution is 7.03. The first-order valence-electron chi connectivity index (χ1n) is 9.51. The van der Waals surface area contributed by atoms with Crippen LogP contribution in [0, 0.1) is 9.88 Å². The Morgan fingerprint density at radius 3 is 2.84 bits per heavy atom. The molecule has 0 saturated carbocycles. The molecule has 0 radical (unpaired) electrons. The summed E-state index contributed by atoms with van der Waals surface area (Å²) in [7, 11) is 1.97. The van der Waals surface area contributed by atoms with Gasteiger partial charge in [-0.3, -0.25) is 20.0 Å². The molecule has 4 aromatic heterocycles. The van der Waals surface area contributed by atoms with Crippen LogP contribution in [0.1, 0.15) is 11.1 Å². The van der Waals surface area contributed by atoms with E-state index < -0.39 is 0 Å². The van der Waals surface area contributed by atoms with Gasteiger partial charge in [0.2, 0.25) is 0 Å². The van der Waals surface area contributed by atoms with Crippen molar-refractivity contribution in [3.8, 4) is 5.75 Å². The lowest BCUT2D eigenvalue weighted by Crippen LogP contribution is -2.22. The lowest BCUT2D eigenvalue weighted by molar-refractivity contribution is 0.310. The average molecular weight is 430 g/mol. The predicted octanol–water partition coefficient (Wildman–Crippen LogP) is 1.55. The summed E-state index contributed by atoms with van der Waals surface area (Å²) in [6, 6.07) is 9.76. The van der Waals surface area contributed by atoms with Crippen molar-refractivity contribution in [2.75, 3.05) is 0 Å². The number of hydrogen-bond acceptors (Lipinski definition) is 6. The number of rotatable bonds is 4. The summed E-state index contributed by atoms with van der Waals surface area (Å²) < 4.78 is 12.8. The van der Waals surface area contributed by atoms with Crippen molar-refractivity contribution >= 4 is 35.1 Å². The summed E-state index contributed by atoms with van der Waals surface area (Å²) in [6.45, 7) is 4.31. The summed E-state index contributed by atoms with van der Waals surface area (Å²) in [4.78, 5) is 16.6. The highest BCUT2D eigenvalue weighted by Crippen LogP contribution is 2.31. The van der Waals surface area contributed by atoms with Crippen LogP contribution in [0.2, 0.25) is 0 Å². The smallest absolute Gasteiger partial charge is 0.271 e. The molecule has 0 amide bonds. The Kier molecular flexibility index (Phi) is 4.72. The van der Waals surface area contributed by atoms with Crippen molar-refractivity contribution in [3.63, 3.8) is 0 Å². The second kappa shape index (κ2) is 7.69. The van der Waals surface area contributed by atoms with Crippen LogP contribution in [0.15, 0.2) is 53.7 Å². The standard InChI is InChI=1S/C22H18N6O2S/c1-13-21(31-27-24-13)20-16(22(29)26-25-20)10-15-11-28(2)17-4-3-5-18(19(15)17)30-12-14-6-8-23-9-7-14/h3-11,25H,1,12H2,2H3,(H,26,29)/b16-10-,21-20-. The van der Waals surface area contributed by atoms with Gasteiger partial charge in [0.15, 0.2) is 0 Å². The van der Waals surface area contributed by atoms with Gasteiger partial charge in [0.1, 0.15) is 22.2 Å². The number of aryl methyl sites for hydroxylation is 1. The first-order valence-corrected chi connectivity index (χ1v) is 10.3. The van der Waals surface area contributed by atoms with E-state index in [0.29, 0.717) is 22.5 Å². The zero-order chi connectivity index (χ0) is 21.4. The molecule has 0 atom stereocenters. The fourth-order valence-corrected chi connectivity index (χ4v) is 4.17. The highest BCUT2D eigenvalue weighted by Gasteiger charge is 2.12. The number of aromatic nitrogens is 6. The van der Waals surface area contributed by atoms with Gasteiger partial charge in [-0.25, -0.2) is 0 Å². The molecule has 5 aromatic rings. The quantitative estimate of drug-likeness (QED) is 0.451. The molecule has 5 rings (SSSR count). The molecule has 0 aliphatic heterocycles. The van der Waals surface area contributed by atoms with Crippen LogP contribution in [0.3, 0.4) is 0 Å². The number of fused-ring (bicyclic) bond motifs is 1. The summed E-state index contributed by atoms with van der Waals surface area (Å²) in [5.74, 6) is 0.743. The topological polar surface area (TPSA) is 101 Å². The Morgan fingerprint density at radius 2 is 2.06 bits per heavy atom. The maximum Gasteiger partial charge on any atom is 0.271 e. The number of benzene rings is 1. The second-order valence-corrected chi connectivity index (χ2v) is 7.80. The van der Waals surface area contributed by atoms with Crippen molar-refractivity contribution in [2.45, 2.75) is 6.61 Å². The van der Waals surface area contributed by atoms with E-state index in [0.717, 1.165) is 32.3 Å². The summed E-state index contributed by atoms with van der Waals surface area (Å²) in [6.07, 6.45) is 7.32. The Balaban J connectivity index is 1.72. The molecule has 0 fully saturated rings. The zero-order valence-corrected chi connectivity index (χ0v) is 17.4. The van der Waals surface area contributed by atoms with Gasteiger partial charge in [-0.05, 0) is 47.4 Å². The normalized spacial score (nSPS) is 13.1. The molecule has 31 heavy (non-hydrogen) atoms. The number of aromatic amines is 2. The van der Waals surface area contributed by atoms with Gasteiger partial charge in [0, 0.05) is 36.6 Å². The van der Waals surface area contributed by atoms with Gasteiger partial charge in [0.25, 0.3) is 5.56 Å². The van der Waals surface area contributed by atoms with E-state index in [4.69, 9.17) is 4.74 Å². The molecule has 2 N–H and O–H groups in total. The Morgan fingerprint density at radius 1 is 1.23 bits per heavy atom. The van der Waals surface area contributed by atoms with Gasteiger partial charge >= 0.3 is 0 Å². The van der Waals surface area contributed by atoms with Crippen LogP contribution in [0.5, 0.6) is 5.75 Å². The van der Waals surface area contributed by atoms with E-state index in [9.17, 15) is 4.79 Å². The number of H-pyrrole nitrogens is 2. The van der Waals surface area contributed by atoms with Crippen LogP contribution < -0.4 is 20.9 Å². The third-order valence-electron chi connectivity index (χ3n) is 5.05. The van der Waals surface area contributed by atoms with Gasteiger partial charge in [-0.1, -0.05) is 17.1 Å². The molecule has 1 aromatic carbocycles. The van der Waals surface area contributed by atoms with Crippen molar-refractivity contribution in [1.82, 2.24) is 29.3 Å². The minimum Gasteiger partial charge on any atom is -0.488 e. The fraction of sp³-hybridized carbons (Fsp3) is 0.0909. The second-order valence-electron chi connectivity index (χ2n) is 7.05. The molecule has 0 aliphatic carbocycles. The summed E-state index contributed by atoms with van der Waals surface area (Å²) in [5, 5.41) is 12.1. The van der Waals surface area contributed by atoms with E-state index in [1.165, 1.54) is 11.5 Å². The molecule has 154 valence electrons. The predicted molar refractivity (Wildman–Crippen MR) is 119 cm³/mol. The third-order valence-corrected chi connectivity index (χ3v) is 5.83. The first-order chi connectivity index (χ1) is 15.1.